The summed E-state index contributed by atoms with van der Waals surface area (Å²) in [5, 5.41) is 0. The molecule has 0 aliphatic carbocycles. The summed E-state index contributed by atoms with van der Waals surface area (Å²) in [6, 6.07) is 1.28. The minimum absolute atomic E-state index is 0.122. The van der Waals surface area contributed by atoms with Crippen LogP contribution < -0.4 is 5.56 Å². The van der Waals surface area contributed by atoms with E-state index >= 15 is 0 Å². The number of halogens is 2. The van der Waals surface area contributed by atoms with Crippen LogP contribution in [0.3, 0.4) is 0 Å². The molecule has 14 heavy (non-hydrogen) atoms. The van der Waals surface area contributed by atoms with Crippen LogP contribution in [0.25, 0.3) is 0 Å². The number of nitrogens with one attached hydrogen (secondary N) is 1. The molecule has 0 spiro atoms. The van der Waals surface area contributed by atoms with Crippen molar-refractivity contribution in [1.29, 1.82) is 0 Å². The van der Waals surface area contributed by atoms with Gasteiger partial charge in [0.1, 0.15) is 12.4 Å². The molecule has 0 aliphatic rings. The molecule has 0 saturated heterocycles. The van der Waals surface area contributed by atoms with E-state index in [0.717, 1.165) is 0 Å². The van der Waals surface area contributed by atoms with Gasteiger partial charge in [0.25, 0.3) is 12.0 Å². The maximum Gasteiger partial charge on any atom is 0.261 e. The van der Waals surface area contributed by atoms with Crippen LogP contribution in [0.1, 0.15) is 5.82 Å². The van der Waals surface area contributed by atoms with Crippen LogP contribution in [0.4, 0.5) is 8.78 Å². The molecule has 0 bridgehead atoms. The van der Waals surface area contributed by atoms with Crippen molar-refractivity contribution in [2.75, 3.05) is 13.2 Å². The van der Waals surface area contributed by atoms with Gasteiger partial charge in [-0.2, -0.15) is 0 Å². The number of alkyl halides is 2. The van der Waals surface area contributed by atoms with E-state index in [1.54, 1.807) is 0 Å². The van der Waals surface area contributed by atoms with Gasteiger partial charge in [0.05, 0.1) is 6.61 Å². The summed E-state index contributed by atoms with van der Waals surface area (Å²) in [5.41, 5.74) is -0.260. The lowest BCUT2D eigenvalue weighted by molar-refractivity contribution is 0.0182. The molecule has 0 atom stereocenters. The van der Waals surface area contributed by atoms with Crippen molar-refractivity contribution < 1.29 is 13.5 Å². The zero-order chi connectivity index (χ0) is 10.4. The van der Waals surface area contributed by atoms with Crippen molar-refractivity contribution >= 4 is 0 Å². The molecule has 0 amide bonds. The molecule has 1 aromatic heterocycles. The Hall–Kier alpha value is -1.30. The molecule has 1 rings (SSSR count). The summed E-state index contributed by atoms with van der Waals surface area (Å²) in [5.74, 6) is 0.437. The van der Waals surface area contributed by atoms with Gasteiger partial charge in [-0.15, -0.1) is 0 Å². The number of nitrogens with zero attached hydrogens (tertiary/aromatic N) is 1. The average Bonchev–Trinajstić information content (AvgIpc) is 2.12. The first-order valence-electron chi connectivity index (χ1n) is 4.08. The molecule has 0 radical (unpaired) electrons. The number of hydrogen-bond donors (Lipinski definition) is 1. The second-order valence-corrected chi connectivity index (χ2v) is 2.60. The summed E-state index contributed by atoms with van der Waals surface area (Å²) in [7, 11) is 0. The van der Waals surface area contributed by atoms with Gasteiger partial charge in [-0.3, -0.25) is 4.79 Å². The molecule has 1 N–H and O–H groups in total. The molecule has 78 valence electrons. The third-order valence-corrected chi connectivity index (χ3v) is 1.45. The van der Waals surface area contributed by atoms with Gasteiger partial charge in [-0.25, -0.2) is 13.8 Å². The normalized spacial score (nSPS) is 10.8. The monoisotopic (exact) mass is 204 g/mol. The second-order valence-electron chi connectivity index (χ2n) is 2.60. The standard InChI is InChI=1S/C8H10F2N2O2/c9-6(10)5-14-4-2-7-11-3-1-8(13)12-7/h1,3,6H,2,4-5H2,(H,11,12,13). The Morgan fingerprint density at radius 1 is 1.57 bits per heavy atom. The second kappa shape index (κ2) is 5.43. The third-order valence-electron chi connectivity index (χ3n) is 1.45. The highest BCUT2D eigenvalue weighted by molar-refractivity contribution is 4.89. The van der Waals surface area contributed by atoms with Crippen LogP contribution in [-0.2, 0) is 11.2 Å². The fraction of sp³-hybridized carbons (Fsp3) is 0.500. The van der Waals surface area contributed by atoms with E-state index in [2.05, 4.69) is 14.7 Å². The number of aromatic amines is 1. The van der Waals surface area contributed by atoms with Crippen LogP contribution in [0.15, 0.2) is 17.1 Å². The van der Waals surface area contributed by atoms with Crippen LogP contribution >= 0.6 is 0 Å². The molecular formula is C8H10F2N2O2. The first-order chi connectivity index (χ1) is 6.68. The van der Waals surface area contributed by atoms with Gasteiger partial charge < -0.3 is 9.72 Å². The summed E-state index contributed by atoms with van der Waals surface area (Å²) < 4.78 is 27.9. The molecule has 6 heteroatoms. The maximum atomic E-state index is 11.6. The van der Waals surface area contributed by atoms with E-state index in [1.165, 1.54) is 12.3 Å². The Morgan fingerprint density at radius 3 is 3.00 bits per heavy atom. The topological polar surface area (TPSA) is 55.0 Å². The largest absolute Gasteiger partial charge is 0.375 e. The van der Waals surface area contributed by atoms with Crippen LogP contribution in [0.2, 0.25) is 0 Å². The average molecular weight is 204 g/mol. The summed E-state index contributed by atoms with van der Waals surface area (Å²) in [6.45, 7) is -0.464. The summed E-state index contributed by atoms with van der Waals surface area (Å²) >= 11 is 0. The van der Waals surface area contributed by atoms with Crippen LogP contribution in [0, 0.1) is 0 Å². The van der Waals surface area contributed by atoms with Crippen LogP contribution in [0.5, 0.6) is 0 Å². The highest BCUT2D eigenvalue weighted by Gasteiger charge is 2.02. The van der Waals surface area contributed by atoms with Crippen LogP contribution in [-0.4, -0.2) is 29.6 Å². The lowest BCUT2D eigenvalue weighted by Gasteiger charge is -2.02. The van der Waals surface area contributed by atoms with E-state index in [-0.39, 0.29) is 12.2 Å². The van der Waals surface area contributed by atoms with Crippen molar-refractivity contribution in [2.24, 2.45) is 0 Å². The van der Waals surface area contributed by atoms with E-state index in [1.807, 2.05) is 0 Å². The minimum Gasteiger partial charge on any atom is -0.375 e. The van der Waals surface area contributed by atoms with Crippen molar-refractivity contribution in [1.82, 2.24) is 9.97 Å². The third kappa shape index (κ3) is 4.08. The van der Waals surface area contributed by atoms with E-state index < -0.39 is 13.0 Å². The molecule has 0 fully saturated rings. The van der Waals surface area contributed by atoms with Crippen molar-refractivity contribution in [3.63, 3.8) is 0 Å². The zero-order valence-corrected chi connectivity index (χ0v) is 7.37. The quantitative estimate of drug-likeness (QED) is 0.714. The van der Waals surface area contributed by atoms with Gasteiger partial charge >= 0.3 is 0 Å². The predicted octanol–water partition coefficient (Wildman–Crippen LogP) is 0.594. The fourth-order valence-electron chi connectivity index (χ4n) is 0.879. The molecule has 0 aliphatic heterocycles. The highest BCUT2D eigenvalue weighted by atomic mass is 19.3. The number of aromatic nitrogens is 2. The number of rotatable bonds is 5. The molecule has 1 heterocycles. The van der Waals surface area contributed by atoms with Gasteiger partial charge in [0, 0.05) is 18.7 Å². The molecule has 0 unspecified atom stereocenters. The van der Waals surface area contributed by atoms with Crippen molar-refractivity contribution in [2.45, 2.75) is 12.8 Å². The first kappa shape index (κ1) is 10.8. The Labute approximate surface area is 78.9 Å². The van der Waals surface area contributed by atoms with Gasteiger partial charge in [-0.1, -0.05) is 0 Å². The Kier molecular flexibility index (Phi) is 4.18. The molecule has 0 saturated carbocycles. The van der Waals surface area contributed by atoms with E-state index in [0.29, 0.717) is 12.2 Å². The molecule has 0 aromatic carbocycles. The predicted molar refractivity (Wildman–Crippen MR) is 45.4 cm³/mol. The smallest absolute Gasteiger partial charge is 0.261 e. The first-order valence-corrected chi connectivity index (χ1v) is 4.08. The molecule has 4 nitrogen and oxygen atoms in total. The lowest BCUT2D eigenvalue weighted by atomic mass is 10.4. The lowest BCUT2D eigenvalue weighted by Crippen LogP contribution is -2.12. The number of H-pyrrole nitrogens is 1. The van der Waals surface area contributed by atoms with Crippen molar-refractivity contribution in [3.8, 4) is 0 Å². The maximum absolute atomic E-state index is 11.6. The van der Waals surface area contributed by atoms with Crippen molar-refractivity contribution in [3.05, 3.63) is 28.4 Å². The fourth-order valence-corrected chi connectivity index (χ4v) is 0.879. The Balaban J connectivity index is 2.28. The van der Waals surface area contributed by atoms with Gasteiger partial charge in [-0.05, 0) is 0 Å². The summed E-state index contributed by atoms with van der Waals surface area (Å²) in [4.78, 5) is 17.1. The minimum atomic E-state index is -2.46. The highest BCUT2D eigenvalue weighted by Crippen LogP contribution is 1.94. The number of ether oxygens (including phenoxy) is 1. The van der Waals surface area contributed by atoms with Gasteiger partial charge in [0.2, 0.25) is 0 Å². The SMILES string of the molecule is O=c1ccnc(CCOCC(F)F)[nH]1. The molecule has 1 aromatic rings. The Morgan fingerprint density at radius 2 is 2.36 bits per heavy atom. The number of hydrogen-bond acceptors (Lipinski definition) is 3. The van der Waals surface area contributed by atoms with E-state index in [4.69, 9.17) is 0 Å². The van der Waals surface area contributed by atoms with Gasteiger partial charge in [0.15, 0.2) is 0 Å². The molecular weight excluding hydrogens is 194 g/mol. The van der Waals surface area contributed by atoms with E-state index in [9.17, 15) is 13.6 Å². The summed E-state index contributed by atoms with van der Waals surface area (Å²) in [6.07, 6.45) is -0.776. The Bertz CT molecular complexity index is 327. The zero-order valence-electron chi connectivity index (χ0n) is 7.37.